The average molecular weight is 334 g/mol. The summed E-state index contributed by atoms with van der Waals surface area (Å²) in [6.45, 7) is -1.31. The van der Waals surface area contributed by atoms with Crippen LogP contribution in [-0.4, -0.2) is 28.7 Å². The van der Waals surface area contributed by atoms with E-state index in [0.29, 0.717) is 10.6 Å². The van der Waals surface area contributed by atoms with Crippen LogP contribution in [0.1, 0.15) is 16.1 Å². The summed E-state index contributed by atoms with van der Waals surface area (Å²) in [4.78, 5) is 18.1. The second-order valence-corrected chi connectivity index (χ2v) is 4.76. The highest BCUT2D eigenvalue weighted by Crippen LogP contribution is 2.17. The molecule has 2 rings (SSSR count). The Morgan fingerprint density at radius 1 is 1.41 bits per heavy atom. The predicted octanol–water partition coefficient (Wildman–Crippen LogP) is 2.93. The number of alkyl halides is 3. The van der Waals surface area contributed by atoms with Gasteiger partial charge in [-0.1, -0.05) is 11.6 Å². The third-order valence-electron chi connectivity index (χ3n) is 2.53. The lowest BCUT2D eigenvalue weighted by molar-refractivity contribution is -0.154. The van der Waals surface area contributed by atoms with Crippen molar-refractivity contribution in [2.24, 2.45) is 0 Å². The van der Waals surface area contributed by atoms with E-state index in [1.807, 2.05) is 0 Å². The van der Waals surface area contributed by atoms with E-state index in [-0.39, 0.29) is 24.0 Å². The van der Waals surface area contributed by atoms with E-state index in [9.17, 15) is 18.0 Å². The van der Waals surface area contributed by atoms with Crippen molar-refractivity contribution >= 4 is 17.5 Å². The highest BCUT2D eigenvalue weighted by molar-refractivity contribution is 6.30. The Balaban J connectivity index is 1.91. The largest absolute Gasteiger partial charge is 0.468 e. The zero-order chi connectivity index (χ0) is 16.2. The van der Waals surface area contributed by atoms with Crippen LogP contribution in [0, 0.1) is 0 Å². The lowest BCUT2D eigenvalue weighted by Gasteiger charge is -2.09. The fraction of sp³-hybridized carbons (Fsp3) is 0.231. The Morgan fingerprint density at radius 2 is 2.18 bits per heavy atom. The van der Waals surface area contributed by atoms with Gasteiger partial charge in [-0.2, -0.15) is 13.2 Å². The van der Waals surface area contributed by atoms with Crippen molar-refractivity contribution in [3.05, 3.63) is 46.9 Å². The molecule has 0 aliphatic rings. The molecule has 2 heterocycles. The maximum Gasteiger partial charge on any atom is 0.422 e. The van der Waals surface area contributed by atoms with Crippen molar-refractivity contribution in [3.8, 4) is 5.88 Å². The number of rotatable bonds is 5. The van der Waals surface area contributed by atoms with Gasteiger partial charge < -0.3 is 15.0 Å². The first-order chi connectivity index (χ1) is 10.3. The summed E-state index contributed by atoms with van der Waals surface area (Å²) in [5.41, 5.74) is 0.839. The Kier molecular flexibility index (Phi) is 4.92. The molecule has 0 atom stereocenters. The molecule has 0 bridgehead atoms. The molecule has 0 saturated carbocycles. The van der Waals surface area contributed by atoms with Crippen LogP contribution in [-0.2, 0) is 6.54 Å². The van der Waals surface area contributed by atoms with Gasteiger partial charge in [-0.15, -0.1) is 0 Å². The van der Waals surface area contributed by atoms with E-state index in [1.54, 1.807) is 6.07 Å². The van der Waals surface area contributed by atoms with E-state index >= 15 is 0 Å². The maximum atomic E-state index is 12.1. The lowest BCUT2D eigenvalue weighted by Crippen LogP contribution is -2.23. The number of carbonyl (C=O) groups is 1. The van der Waals surface area contributed by atoms with Gasteiger partial charge in [0.05, 0.1) is 5.02 Å². The van der Waals surface area contributed by atoms with E-state index in [4.69, 9.17) is 11.6 Å². The summed E-state index contributed by atoms with van der Waals surface area (Å²) in [6, 6.07) is 4.34. The molecule has 22 heavy (non-hydrogen) atoms. The number of hydrogen-bond acceptors (Lipinski definition) is 3. The number of hydrogen-bond donors (Lipinski definition) is 2. The molecule has 9 heteroatoms. The molecule has 0 saturated heterocycles. The SMILES string of the molecule is O=C(NCc1ccnc(OCC(F)(F)F)c1)c1cc(Cl)c[nH]1. The molecule has 0 aliphatic carbocycles. The molecule has 0 fully saturated rings. The number of ether oxygens (including phenoxy) is 1. The molecular weight excluding hydrogens is 323 g/mol. The van der Waals surface area contributed by atoms with E-state index in [2.05, 4.69) is 20.0 Å². The van der Waals surface area contributed by atoms with Crippen molar-refractivity contribution in [1.29, 1.82) is 0 Å². The summed E-state index contributed by atoms with van der Waals surface area (Å²) in [5, 5.41) is 2.99. The summed E-state index contributed by atoms with van der Waals surface area (Å²) in [7, 11) is 0. The number of nitrogens with zero attached hydrogens (tertiary/aromatic N) is 1. The number of halogens is 4. The molecule has 0 aromatic carbocycles. The minimum Gasteiger partial charge on any atom is -0.468 e. The van der Waals surface area contributed by atoms with Crippen molar-refractivity contribution in [2.75, 3.05) is 6.61 Å². The topological polar surface area (TPSA) is 67.0 Å². The summed E-state index contributed by atoms with van der Waals surface area (Å²) in [6.07, 6.45) is -1.66. The number of nitrogens with one attached hydrogen (secondary N) is 2. The van der Waals surface area contributed by atoms with Gasteiger partial charge in [-0.25, -0.2) is 4.98 Å². The number of aromatic amines is 1. The Labute approximate surface area is 128 Å². The standard InChI is InChI=1S/C13H11ClF3N3O2/c14-9-4-10(19-6-9)12(21)20-5-8-1-2-18-11(3-8)22-7-13(15,16)17/h1-4,6,19H,5,7H2,(H,20,21). The smallest absolute Gasteiger partial charge is 0.422 e. The lowest BCUT2D eigenvalue weighted by atomic mass is 10.2. The van der Waals surface area contributed by atoms with Gasteiger partial charge in [0.15, 0.2) is 6.61 Å². The monoisotopic (exact) mass is 333 g/mol. The summed E-state index contributed by atoms with van der Waals surface area (Å²) < 4.78 is 40.7. The van der Waals surface area contributed by atoms with Crippen LogP contribution in [0.15, 0.2) is 30.6 Å². The minimum atomic E-state index is -4.43. The predicted molar refractivity (Wildman–Crippen MR) is 72.8 cm³/mol. The van der Waals surface area contributed by atoms with Gasteiger partial charge >= 0.3 is 6.18 Å². The number of H-pyrrole nitrogens is 1. The fourth-order valence-electron chi connectivity index (χ4n) is 1.57. The Morgan fingerprint density at radius 3 is 2.82 bits per heavy atom. The van der Waals surface area contributed by atoms with Crippen LogP contribution in [0.5, 0.6) is 5.88 Å². The fourth-order valence-corrected chi connectivity index (χ4v) is 1.74. The molecular formula is C13H11ClF3N3O2. The highest BCUT2D eigenvalue weighted by Gasteiger charge is 2.28. The third-order valence-corrected chi connectivity index (χ3v) is 2.75. The molecule has 0 unspecified atom stereocenters. The van der Waals surface area contributed by atoms with Crippen molar-refractivity contribution in [2.45, 2.75) is 12.7 Å². The van der Waals surface area contributed by atoms with Gasteiger partial charge in [0.25, 0.3) is 5.91 Å². The Bertz CT molecular complexity index is 658. The van der Waals surface area contributed by atoms with Crippen LogP contribution in [0.25, 0.3) is 0 Å². The van der Waals surface area contributed by atoms with Crippen LogP contribution in [0.3, 0.4) is 0 Å². The Hall–Kier alpha value is -2.22. The van der Waals surface area contributed by atoms with E-state index < -0.39 is 12.8 Å². The van der Waals surface area contributed by atoms with Gasteiger partial charge in [-0.05, 0) is 17.7 Å². The maximum absolute atomic E-state index is 12.1. The van der Waals surface area contributed by atoms with Gasteiger partial charge in [0.1, 0.15) is 5.69 Å². The molecule has 118 valence electrons. The number of amides is 1. The second kappa shape index (κ2) is 6.69. The van der Waals surface area contributed by atoms with Crippen LogP contribution in [0.4, 0.5) is 13.2 Å². The molecule has 2 N–H and O–H groups in total. The van der Waals surface area contributed by atoms with Crippen LogP contribution < -0.4 is 10.1 Å². The summed E-state index contributed by atoms with van der Waals surface area (Å²) >= 11 is 5.69. The first kappa shape index (κ1) is 16.2. The first-order valence-corrected chi connectivity index (χ1v) is 6.48. The summed E-state index contributed by atoms with van der Waals surface area (Å²) in [5.74, 6) is -0.548. The van der Waals surface area contributed by atoms with Crippen molar-refractivity contribution in [3.63, 3.8) is 0 Å². The van der Waals surface area contributed by atoms with Gasteiger partial charge in [-0.3, -0.25) is 4.79 Å². The molecule has 0 radical (unpaired) electrons. The third kappa shape index (κ3) is 4.96. The van der Waals surface area contributed by atoms with Crippen molar-refractivity contribution < 1.29 is 22.7 Å². The quantitative estimate of drug-likeness (QED) is 0.884. The molecule has 1 amide bonds. The number of pyridine rings is 1. The van der Waals surface area contributed by atoms with E-state index in [1.165, 1.54) is 24.5 Å². The molecule has 2 aromatic rings. The number of aromatic nitrogens is 2. The zero-order valence-electron chi connectivity index (χ0n) is 11.1. The van der Waals surface area contributed by atoms with Gasteiger partial charge in [0.2, 0.25) is 5.88 Å². The normalized spacial score (nSPS) is 11.3. The first-order valence-electron chi connectivity index (χ1n) is 6.10. The minimum absolute atomic E-state index is 0.111. The molecule has 0 aliphatic heterocycles. The van der Waals surface area contributed by atoms with E-state index in [0.717, 1.165) is 0 Å². The number of carbonyl (C=O) groups excluding carboxylic acids is 1. The second-order valence-electron chi connectivity index (χ2n) is 4.32. The zero-order valence-corrected chi connectivity index (χ0v) is 11.8. The molecule has 5 nitrogen and oxygen atoms in total. The average Bonchev–Trinajstić information content (AvgIpc) is 2.89. The molecule has 2 aromatic heterocycles. The van der Waals surface area contributed by atoms with Crippen molar-refractivity contribution in [1.82, 2.24) is 15.3 Å². The highest BCUT2D eigenvalue weighted by atomic mass is 35.5. The van der Waals surface area contributed by atoms with Crippen LogP contribution >= 0.6 is 11.6 Å². The molecule has 0 spiro atoms. The van der Waals surface area contributed by atoms with Crippen LogP contribution in [0.2, 0.25) is 5.02 Å². The van der Waals surface area contributed by atoms with Gasteiger partial charge in [0, 0.05) is 25.0 Å².